The van der Waals surface area contributed by atoms with Crippen LogP contribution in [0, 0.1) is 6.92 Å². The number of rotatable bonds is 3. The molecular formula is C12H11BrN2O3. The van der Waals surface area contributed by atoms with Crippen molar-refractivity contribution in [3.63, 3.8) is 0 Å². The van der Waals surface area contributed by atoms with E-state index in [4.69, 9.17) is 9.26 Å². The van der Waals surface area contributed by atoms with Gasteiger partial charge in [-0.2, -0.15) is 4.98 Å². The Morgan fingerprint density at radius 3 is 2.89 bits per heavy atom. The summed E-state index contributed by atoms with van der Waals surface area (Å²) in [6, 6.07) is 5.70. The molecule has 0 bridgehead atoms. The molecule has 94 valence electrons. The minimum atomic E-state index is -0.584. The van der Waals surface area contributed by atoms with E-state index >= 15 is 0 Å². The van der Waals surface area contributed by atoms with Crippen LogP contribution in [-0.2, 0) is 4.74 Å². The maximum Gasteiger partial charge on any atom is 0.379 e. The van der Waals surface area contributed by atoms with E-state index in [1.165, 1.54) is 0 Å². The lowest BCUT2D eigenvalue weighted by Crippen LogP contribution is -2.06. The summed E-state index contributed by atoms with van der Waals surface area (Å²) in [5, 5.41) is 3.59. The Hall–Kier alpha value is -1.69. The highest BCUT2D eigenvalue weighted by Crippen LogP contribution is 2.23. The summed E-state index contributed by atoms with van der Waals surface area (Å²) in [7, 11) is 0. The van der Waals surface area contributed by atoms with Gasteiger partial charge in [-0.3, -0.25) is 0 Å². The van der Waals surface area contributed by atoms with Gasteiger partial charge in [0.25, 0.3) is 11.7 Å². The van der Waals surface area contributed by atoms with Gasteiger partial charge in [-0.05, 0) is 42.8 Å². The number of esters is 1. The summed E-state index contributed by atoms with van der Waals surface area (Å²) in [4.78, 5) is 15.4. The Kier molecular flexibility index (Phi) is 3.76. The van der Waals surface area contributed by atoms with E-state index in [1.807, 2.05) is 25.1 Å². The maximum absolute atomic E-state index is 11.4. The fraction of sp³-hybridized carbons (Fsp3) is 0.250. The molecule has 0 saturated heterocycles. The van der Waals surface area contributed by atoms with Crippen LogP contribution in [0.5, 0.6) is 0 Å². The Labute approximate surface area is 112 Å². The fourth-order valence-electron chi connectivity index (χ4n) is 1.48. The molecule has 1 heterocycles. The number of carbonyl (C=O) groups excluding carboxylic acids is 1. The highest BCUT2D eigenvalue weighted by molar-refractivity contribution is 9.10. The summed E-state index contributed by atoms with van der Waals surface area (Å²) in [5.74, 6) is -0.355. The molecule has 0 aliphatic carbocycles. The number of benzene rings is 1. The average Bonchev–Trinajstić information content (AvgIpc) is 2.77. The summed E-state index contributed by atoms with van der Waals surface area (Å²) in [6.07, 6.45) is 0. The number of hydrogen-bond acceptors (Lipinski definition) is 5. The van der Waals surface area contributed by atoms with Crippen LogP contribution in [0.4, 0.5) is 0 Å². The van der Waals surface area contributed by atoms with Gasteiger partial charge in [0.1, 0.15) is 0 Å². The van der Waals surface area contributed by atoms with Gasteiger partial charge in [-0.25, -0.2) is 4.79 Å². The van der Waals surface area contributed by atoms with Crippen molar-refractivity contribution in [3.05, 3.63) is 34.1 Å². The van der Waals surface area contributed by atoms with Crippen molar-refractivity contribution in [3.8, 4) is 11.5 Å². The lowest BCUT2D eigenvalue weighted by Gasteiger charge is -1.98. The number of ether oxygens (including phenoxy) is 1. The van der Waals surface area contributed by atoms with Gasteiger partial charge in [0, 0.05) is 10.0 Å². The maximum atomic E-state index is 11.4. The van der Waals surface area contributed by atoms with Crippen molar-refractivity contribution in [1.29, 1.82) is 0 Å². The summed E-state index contributed by atoms with van der Waals surface area (Å²) in [6.45, 7) is 3.95. The van der Waals surface area contributed by atoms with Crippen molar-refractivity contribution in [2.75, 3.05) is 6.61 Å². The molecule has 2 rings (SSSR count). The fourth-order valence-corrected chi connectivity index (χ4v) is 2.09. The molecule has 0 unspecified atom stereocenters. The molecule has 0 spiro atoms. The number of carbonyl (C=O) groups is 1. The predicted octanol–water partition coefficient (Wildman–Crippen LogP) is 2.98. The van der Waals surface area contributed by atoms with Crippen LogP contribution in [-0.4, -0.2) is 22.7 Å². The summed E-state index contributed by atoms with van der Waals surface area (Å²) in [5.41, 5.74) is 1.81. The van der Waals surface area contributed by atoms with Gasteiger partial charge < -0.3 is 9.26 Å². The first-order valence-corrected chi connectivity index (χ1v) is 6.18. The molecule has 5 nitrogen and oxygen atoms in total. The predicted molar refractivity (Wildman–Crippen MR) is 68.1 cm³/mol. The first-order chi connectivity index (χ1) is 8.60. The van der Waals surface area contributed by atoms with E-state index in [2.05, 4.69) is 26.1 Å². The highest BCUT2D eigenvalue weighted by Gasteiger charge is 2.16. The molecule has 0 radical (unpaired) electrons. The molecule has 6 heteroatoms. The molecule has 18 heavy (non-hydrogen) atoms. The molecule has 1 aromatic heterocycles. The second kappa shape index (κ2) is 5.30. The van der Waals surface area contributed by atoms with Crippen molar-refractivity contribution in [1.82, 2.24) is 10.1 Å². The topological polar surface area (TPSA) is 65.2 Å². The van der Waals surface area contributed by atoms with Crippen LogP contribution in [0.3, 0.4) is 0 Å². The van der Waals surface area contributed by atoms with Crippen LogP contribution >= 0.6 is 15.9 Å². The first-order valence-electron chi connectivity index (χ1n) is 5.38. The molecule has 0 aliphatic rings. The van der Waals surface area contributed by atoms with E-state index in [0.29, 0.717) is 5.89 Å². The molecule has 0 aliphatic heterocycles. The smallest absolute Gasteiger partial charge is 0.379 e. The zero-order chi connectivity index (χ0) is 13.1. The third kappa shape index (κ3) is 2.76. The average molecular weight is 311 g/mol. The van der Waals surface area contributed by atoms with E-state index in [-0.39, 0.29) is 12.4 Å². The first kappa shape index (κ1) is 12.8. The van der Waals surface area contributed by atoms with Gasteiger partial charge >= 0.3 is 5.97 Å². The number of aryl methyl sites for hydroxylation is 1. The molecule has 0 saturated carbocycles. The molecule has 0 amide bonds. The van der Waals surface area contributed by atoms with Crippen molar-refractivity contribution < 1.29 is 14.1 Å². The lowest BCUT2D eigenvalue weighted by molar-refractivity contribution is 0.0508. The largest absolute Gasteiger partial charge is 0.460 e. The number of nitrogens with zero attached hydrogens (tertiary/aromatic N) is 2. The Morgan fingerprint density at radius 2 is 2.22 bits per heavy atom. The molecule has 2 aromatic rings. The van der Waals surface area contributed by atoms with Gasteiger partial charge in [-0.15, -0.1) is 0 Å². The Bertz CT molecular complexity index is 560. The number of halogens is 1. The SMILES string of the molecule is CCOC(=O)c1noc(-c2cc(C)cc(Br)c2)n1. The van der Waals surface area contributed by atoms with E-state index in [1.54, 1.807) is 6.92 Å². The van der Waals surface area contributed by atoms with Crippen LogP contribution < -0.4 is 0 Å². The highest BCUT2D eigenvalue weighted by atomic mass is 79.9. The Morgan fingerprint density at radius 1 is 1.44 bits per heavy atom. The van der Waals surface area contributed by atoms with Gasteiger partial charge in [0.05, 0.1) is 6.61 Å². The van der Waals surface area contributed by atoms with Crippen LogP contribution in [0.25, 0.3) is 11.5 Å². The molecule has 0 N–H and O–H groups in total. The summed E-state index contributed by atoms with van der Waals surface area (Å²) < 4.78 is 10.7. The molecule has 0 fully saturated rings. The zero-order valence-electron chi connectivity index (χ0n) is 9.94. The van der Waals surface area contributed by atoms with Crippen molar-refractivity contribution in [2.24, 2.45) is 0 Å². The van der Waals surface area contributed by atoms with Crippen LogP contribution in [0.2, 0.25) is 0 Å². The minimum absolute atomic E-state index is 0.0653. The Balaban J connectivity index is 2.32. The second-order valence-corrected chi connectivity index (χ2v) is 4.58. The normalized spacial score (nSPS) is 10.4. The number of aromatic nitrogens is 2. The van der Waals surface area contributed by atoms with Crippen molar-refractivity contribution in [2.45, 2.75) is 13.8 Å². The lowest BCUT2D eigenvalue weighted by atomic mass is 10.1. The van der Waals surface area contributed by atoms with Gasteiger partial charge in [0.2, 0.25) is 0 Å². The summed E-state index contributed by atoms with van der Waals surface area (Å²) >= 11 is 3.39. The van der Waals surface area contributed by atoms with Crippen molar-refractivity contribution >= 4 is 21.9 Å². The second-order valence-electron chi connectivity index (χ2n) is 3.66. The van der Waals surface area contributed by atoms with E-state index in [9.17, 15) is 4.79 Å². The van der Waals surface area contributed by atoms with E-state index in [0.717, 1.165) is 15.6 Å². The number of hydrogen-bond donors (Lipinski definition) is 0. The standard InChI is InChI=1S/C12H11BrN2O3/c1-3-17-12(16)10-14-11(18-15-10)8-4-7(2)5-9(13)6-8/h4-6H,3H2,1-2H3. The third-order valence-electron chi connectivity index (χ3n) is 2.17. The molecular weight excluding hydrogens is 300 g/mol. The van der Waals surface area contributed by atoms with Crippen LogP contribution in [0.15, 0.2) is 27.2 Å². The monoisotopic (exact) mass is 310 g/mol. The van der Waals surface area contributed by atoms with Crippen LogP contribution in [0.1, 0.15) is 23.1 Å². The quantitative estimate of drug-likeness (QED) is 0.815. The third-order valence-corrected chi connectivity index (χ3v) is 2.63. The van der Waals surface area contributed by atoms with Gasteiger partial charge in [0.15, 0.2) is 0 Å². The molecule has 1 aromatic carbocycles. The minimum Gasteiger partial charge on any atom is -0.460 e. The van der Waals surface area contributed by atoms with E-state index < -0.39 is 5.97 Å². The zero-order valence-corrected chi connectivity index (χ0v) is 11.5. The molecule has 0 atom stereocenters. The van der Waals surface area contributed by atoms with Gasteiger partial charge in [-0.1, -0.05) is 15.9 Å².